The van der Waals surface area contributed by atoms with E-state index in [4.69, 9.17) is 9.15 Å². The first kappa shape index (κ1) is 23.3. The van der Waals surface area contributed by atoms with Crippen LogP contribution in [0, 0.1) is 5.82 Å². The van der Waals surface area contributed by atoms with E-state index in [2.05, 4.69) is 15.1 Å². The van der Waals surface area contributed by atoms with Gasteiger partial charge in [0.25, 0.3) is 0 Å². The summed E-state index contributed by atoms with van der Waals surface area (Å²) in [6.45, 7) is 3.61. The van der Waals surface area contributed by atoms with Crippen LogP contribution in [0.4, 0.5) is 10.1 Å². The molecule has 4 aromatic rings. The highest BCUT2D eigenvalue weighted by Crippen LogP contribution is 2.44. The number of carbonyl (C=O) groups is 1. The SMILES string of the molecule is O=C(NCC(c1ccco1)N1CCN(c2ccc(F)cc2)CC1)C1c2ccccc2Oc2ccccc21. The Morgan fingerprint density at radius 2 is 1.51 bits per heavy atom. The molecule has 0 bridgehead atoms. The topological polar surface area (TPSA) is 58.0 Å². The Balaban J connectivity index is 1.18. The largest absolute Gasteiger partial charge is 0.468 e. The molecule has 0 saturated carbocycles. The summed E-state index contributed by atoms with van der Waals surface area (Å²) in [5, 5.41) is 3.22. The molecule has 7 heteroatoms. The van der Waals surface area contributed by atoms with Crippen molar-refractivity contribution in [3.63, 3.8) is 0 Å². The first-order valence-corrected chi connectivity index (χ1v) is 12.6. The first-order valence-electron chi connectivity index (χ1n) is 12.6. The third-order valence-electron chi connectivity index (χ3n) is 7.23. The highest BCUT2D eigenvalue weighted by atomic mass is 19.1. The van der Waals surface area contributed by atoms with Crippen molar-refractivity contribution in [2.45, 2.75) is 12.0 Å². The average Bonchev–Trinajstić information content (AvgIpc) is 3.47. The van der Waals surface area contributed by atoms with Gasteiger partial charge in [-0.1, -0.05) is 36.4 Å². The number of nitrogens with one attached hydrogen (secondary N) is 1. The van der Waals surface area contributed by atoms with E-state index in [0.29, 0.717) is 18.0 Å². The Bertz CT molecular complexity index is 1320. The van der Waals surface area contributed by atoms with Gasteiger partial charge in [0, 0.05) is 49.5 Å². The van der Waals surface area contributed by atoms with Crippen molar-refractivity contribution >= 4 is 11.6 Å². The summed E-state index contributed by atoms with van der Waals surface area (Å²) in [5.41, 5.74) is 2.74. The normalized spacial score (nSPS) is 16.4. The number of halogens is 1. The predicted octanol–water partition coefficient (Wildman–Crippen LogP) is 5.34. The molecule has 2 aliphatic rings. The maximum atomic E-state index is 13.7. The number of para-hydroxylation sites is 2. The summed E-state index contributed by atoms with van der Waals surface area (Å²) in [6.07, 6.45) is 1.67. The monoisotopic (exact) mass is 497 g/mol. The lowest BCUT2D eigenvalue weighted by atomic mass is 9.87. The number of anilines is 1. The number of benzene rings is 3. The van der Waals surface area contributed by atoms with Gasteiger partial charge in [-0.05, 0) is 48.5 Å². The van der Waals surface area contributed by atoms with E-state index >= 15 is 0 Å². The number of amides is 1. The summed E-state index contributed by atoms with van der Waals surface area (Å²) in [6, 6.07) is 25.8. The molecule has 37 heavy (non-hydrogen) atoms. The number of hydrogen-bond acceptors (Lipinski definition) is 5. The number of carbonyl (C=O) groups excluding carboxylic acids is 1. The minimum atomic E-state index is -0.450. The zero-order valence-corrected chi connectivity index (χ0v) is 20.3. The van der Waals surface area contributed by atoms with Gasteiger partial charge in [-0.25, -0.2) is 4.39 Å². The molecule has 1 fully saturated rings. The molecule has 2 aliphatic heterocycles. The number of hydrogen-bond donors (Lipinski definition) is 1. The third-order valence-corrected chi connectivity index (χ3v) is 7.23. The Labute approximate surface area is 215 Å². The molecule has 188 valence electrons. The van der Waals surface area contributed by atoms with Crippen LogP contribution >= 0.6 is 0 Å². The molecule has 0 aliphatic carbocycles. The summed E-state index contributed by atoms with van der Waals surface area (Å²) in [5.74, 6) is 1.49. The van der Waals surface area contributed by atoms with Crippen molar-refractivity contribution in [2.75, 3.05) is 37.6 Å². The van der Waals surface area contributed by atoms with Crippen molar-refractivity contribution in [1.82, 2.24) is 10.2 Å². The third kappa shape index (κ3) is 4.70. The number of piperazine rings is 1. The van der Waals surface area contributed by atoms with Gasteiger partial charge in [-0.15, -0.1) is 0 Å². The van der Waals surface area contributed by atoms with Gasteiger partial charge in [0.15, 0.2) is 0 Å². The average molecular weight is 498 g/mol. The molecule has 1 aromatic heterocycles. The molecule has 1 amide bonds. The number of furan rings is 1. The number of rotatable bonds is 6. The lowest BCUT2D eigenvalue weighted by Gasteiger charge is -2.39. The van der Waals surface area contributed by atoms with Crippen LogP contribution in [0.1, 0.15) is 28.8 Å². The Morgan fingerprint density at radius 1 is 0.865 bits per heavy atom. The van der Waals surface area contributed by atoms with E-state index in [0.717, 1.165) is 48.8 Å². The fourth-order valence-electron chi connectivity index (χ4n) is 5.33. The summed E-state index contributed by atoms with van der Waals surface area (Å²) in [7, 11) is 0. The van der Waals surface area contributed by atoms with Crippen LogP contribution in [-0.4, -0.2) is 43.5 Å². The minimum absolute atomic E-state index is 0.0651. The van der Waals surface area contributed by atoms with Gasteiger partial charge in [0.05, 0.1) is 18.2 Å². The maximum Gasteiger partial charge on any atom is 0.232 e. The van der Waals surface area contributed by atoms with Crippen LogP contribution in [0.2, 0.25) is 0 Å². The summed E-state index contributed by atoms with van der Waals surface area (Å²) < 4.78 is 25.2. The highest BCUT2D eigenvalue weighted by molar-refractivity contribution is 5.89. The van der Waals surface area contributed by atoms with E-state index in [1.807, 2.05) is 72.8 Å². The van der Waals surface area contributed by atoms with Crippen molar-refractivity contribution in [3.8, 4) is 11.5 Å². The van der Waals surface area contributed by atoms with E-state index < -0.39 is 5.92 Å². The van der Waals surface area contributed by atoms with Gasteiger partial charge in [-0.3, -0.25) is 9.69 Å². The quantitative estimate of drug-likeness (QED) is 0.390. The molecular formula is C30H28FN3O3. The zero-order chi connectivity index (χ0) is 25.2. The Morgan fingerprint density at radius 3 is 2.14 bits per heavy atom. The second-order valence-corrected chi connectivity index (χ2v) is 9.39. The van der Waals surface area contributed by atoms with Crippen molar-refractivity contribution in [1.29, 1.82) is 0 Å². The van der Waals surface area contributed by atoms with Crippen LogP contribution in [0.3, 0.4) is 0 Å². The number of nitrogens with zero attached hydrogens (tertiary/aromatic N) is 2. The van der Waals surface area contributed by atoms with Gasteiger partial charge >= 0.3 is 0 Å². The molecule has 0 spiro atoms. The minimum Gasteiger partial charge on any atom is -0.468 e. The van der Waals surface area contributed by atoms with Gasteiger partial charge < -0.3 is 19.4 Å². The lowest BCUT2D eigenvalue weighted by molar-refractivity contribution is -0.122. The van der Waals surface area contributed by atoms with Gasteiger partial charge in [0.2, 0.25) is 5.91 Å². The van der Waals surface area contributed by atoms with Gasteiger partial charge in [0.1, 0.15) is 23.1 Å². The Kier molecular flexibility index (Phi) is 6.37. The second kappa shape index (κ2) is 10.1. The second-order valence-electron chi connectivity index (χ2n) is 9.39. The lowest BCUT2D eigenvalue weighted by Crippen LogP contribution is -2.50. The molecular weight excluding hydrogens is 469 g/mol. The van der Waals surface area contributed by atoms with Gasteiger partial charge in [-0.2, -0.15) is 0 Å². The van der Waals surface area contributed by atoms with E-state index in [-0.39, 0.29) is 17.8 Å². The number of fused-ring (bicyclic) bond motifs is 2. The fourth-order valence-corrected chi connectivity index (χ4v) is 5.33. The van der Waals surface area contributed by atoms with Crippen LogP contribution in [0.25, 0.3) is 0 Å². The summed E-state index contributed by atoms with van der Waals surface area (Å²) >= 11 is 0. The Hall–Kier alpha value is -4.10. The van der Waals surface area contributed by atoms with Crippen LogP contribution in [0.5, 0.6) is 11.5 Å². The van der Waals surface area contributed by atoms with E-state index in [9.17, 15) is 9.18 Å². The standard InChI is InChI=1S/C30H28FN3O3/c31-21-11-13-22(14-12-21)33-15-17-34(18-16-33)25(28-10-5-19-36-28)20-32-30(35)29-23-6-1-3-8-26(23)37-27-9-4-2-7-24(27)29/h1-14,19,25,29H,15-18,20H2,(H,32,35). The molecule has 3 heterocycles. The maximum absolute atomic E-state index is 13.7. The molecule has 6 nitrogen and oxygen atoms in total. The van der Waals surface area contributed by atoms with E-state index in [1.165, 1.54) is 12.1 Å². The zero-order valence-electron chi connectivity index (χ0n) is 20.3. The molecule has 3 aromatic carbocycles. The predicted molar refractivity (Wildman–Crippen MR) is 139 cm³/mol. The van der Waals surface area contributed by atoms with Crippen molar-refractivity contribution in [2.24, 2.45) is 0 Å². The fraction of sp³-hybridized carbons (Fsp3) is 0.233. The molecule has 1 saturated heterocycles. The van der Waals surface area contributed by atoms with Crippen molar-refractivity contribution in [3.05, 3.63) is 114 Å². The van der Waals surface area contributed by atoms with Crippen LogP contribution in [-0.2, 0) is 4.79 Å². The van der Waals surface area contributed by atoms with E-state index in [1.54, 1.807) is 6.26 Å². The highest BCUT2D eigenvalue weighted by Gasteiger charge is 2.34. The molecule has 1 N–H and O–H groups in total. The first-order chi connectivity index (χ1) is 18.2. The van der Waals surface area contributed by atoms with Crippen molar-refractivity contribution < 1.29 is 18.3 Å². The molecule has 1 atom stereocenters. The van der Waals surface area contributed by atoms with Crippen LogP contribution < -0.4 is 15.0 Å². The molecule has 0 radical (unpaired) electrons. The number of ether oxygens (including phenoxy) is 1. The molecule has 6 rings (SSSR count). The molecule has 1 unspecified atom stereocenters. The smallest absolute Gasteiger partial charge is 0.232 e. The summed E-state index contributed by atoms with van der Waals surface area (Å²) in [4.78, 5) is 18.3. The van der Waals surface area contributed by atoms with Crippen LogP contribution in [0.15, 0.2) is 95.6 Å².